The average molecular weight is 355 g/mol. The summed E-state index contributed by atoms with van der Waals surface area (Å²) in [6, 6.07) is 2.82. The number of halogens is 1. The fourth-order valence-corrected chi connectivity index (χ4v) is 3.22. The second kappa shape index (κ2) is 6.15. The maximum Gasteiger partial charge on any atom is 0.269 e. The summed E-state index contributed by atoms with van der Waals surface area (Å²) in [4.78, 5) is 16.3. The van der Waals surface area contributed by atoms with Crippen LogP contribution in [0.5, 0.6) is 5.75 Å². The Hall–Kier alpha value is -2.85. The van der Waals surface area contributed by atoms with Gasteiger partial charge in [0.05, 0.1) is 23.4 Å². The molecule has 0 bridgehead atoms. The molecule has 2 aromatic rings. The van der Waals surface area contributed by atoms with Crippen molar-refractivity contribution in [2.45, 2.75) is 38.3 Å². The van der Waals surface area contributed by atoms with E-state index in [1.54, 1.807) is 6.07 Å². The monoisotopic (exact) mass is 355 g/mol. The normalized spacial score (nSPS) is 16.4. The Balaban J connectivity index is 1.92. The predicted octanol–water partition coefficient (Wildman–Crippen LogP) is 1.79. The molecule has 1 amide bonds. The first kappa shape index (κ1) is 16.6. The van der Waals surface area contributed by atoms with E-state index < -0.39 is 17.8 Å². The number of benzene rings is 1. The van der Waals surface area contributed by atoms with E-state index in [-0.39, 0.29) is 17.2 Å². The maximum absolute atomic E-state index is 14.3. The van der Waals surface area contributed by atoms with Crippen LogP contribution in [0.1, 0.15) is 47.4 Å². The van der Waals surface area contributed by atoms with Crippen LogP contribution in [0, 0.1) is 17.7 Å². The zero-order valence-corrected chi connectivity index (χ0v) is 14.3. The number of nitrogens with two attached hydrogens (primary N) is 1. The summed E-state index contributed by atoms with van der Waals surface area (Å²) in [5.41, 5.74) is 7.34. The van der Waals surface area contributed by atoms with Gasteiger partial charge in [0.2, 0.25) is 0 Å². The number of carbonyl (C=O) groups excluding carboxylic acids is 1. The van der Waals surface area contributed by atoms with Gasteiger partial charge in [0, 0.05) is 12.0 Å². The van der Waals surface area contributed by atoms with Crippen molar-refractivity contribution < 1.29 is 19.0 Å². The van der Waals surface area contributed by atoms with Gasteiger partial charge in [-0.15, -0.1) is 0 Å². The van der Waals surface area contributed by atoms with E-state index in [1.807, 2.05) is 4.57 Å². The molecule has 6 nitrogen and oxygen atoms in total. The molecule has 1 aliphatic heterocycles. The number of imidazole rings is 1. The van der Waals surface area contributed by atoms with Gasteiger partial charge in [0.1, 0.15) is 35.8 Å². The van der Waals surface area contributed by atoms with Crippen LogP contribution in [0.15, 0.2) is 12.1 Å². The summed E-state index contributed by atoms with van der Waals surface area (Å²) in [5, 5.41) is 9.33. The minimum atomic E-state index is -0.866. The van der Waals surface area contributed by atoms with E-state index in [0.717, 1.165) is 18.5 Å². The van der Waals surface area contributed by atoms with Gasteiger partial charge in [0.25, 0.3) is 5.91 Å². The first-order valence-corrected chi connectivity index (χ1v) is 8.52. The van der Waals surface area contributed by atoms with Gasteiger partial charge < -0.3 is 20.1 Å². The smallest absolute Gasteiger partial charge is 0.269 e. The largest absolute Gasteiger partial charge is 0.491 e. The van der Waals surface area contributed by atoms with Crippen LogP contribution in [-0.2, 0) is 6.54 Å². The van der Waals surface area contributed by atoms with E-state index in [2.05, 4.69) is 16.8 Å². The number of fused-ring (bicyclic) bond motifs is 3. The number of amides is 1. The van der Waals surface area contributed by atoms with E-state index in [1.165, 1.54) is 13.0 Å². The average Bonchev–Trinajstić information content (AvgIpc) is 3.37. The van der Waals surface area contributed by atoms with Gasteiger partial charge >= 0.3 is 0 Å². The lowest BCUT2D eigenvalue weighted by atomic mass is 10.1. The van der Waals surface area contributed by atoms with Crippen molar-refractivity contribution >= 4 is 5.91 Å². The maximum atomic E-state index is 14.3. The lowest BCUT2D eigenvalue weighted by Crippen LogP contribution is -2.16. The molecule has 26 heavy (non-hydrogen) atoms. The minimum Gasteiger partial charge on any atom is -0.491 e. The highest BCUT2D eigenvalue weighted by Crippen LogP contribution is 2.45. The molecule has 2 aliphatic rings. The van der Waals surface area contributed by atoms with Crippen molar-refractivity contribution in [1.82, 2.24) is 9.55 Å². The van der Waals surface area contributed by atoms with Gasteiger partial charge in [-0.05, 0) is 25.8 Å². The first-order chi connectivity index (χ1) is 12.5. The summed E-state index contributed by atoms with van der Waals surface area (Å²) < 4.78 is 22.0. The second-order valence-corrected chi connectivity index (χ2v) is 6.58. The van der Waals surface area contributed by atoms with Crippen LogP contribution < -0.4 is 10.5 Å². The molecular weight excluding hydrogens is 337 g/mol. The topological polar surface area (TPSA) is 90.4 Å². The van der Waals surface area contributed by atoms with E-state index in [4.69, 9.17) is 10.5 Å². The first-order valence-electron chi connectivity index (χ1n) is 8.52. The molecule has 1 aromatic carbocycles. The Bertz CT molecular complexity index is 965. The Morgan fingerprint density at radius 3 is 2.92 bits per heavy atom. The highest BCUT2D eigenvalue weighted by molar-refractivity contribution is 5.93. The minimum absolute atomic E-state index is 0.137. The molecule has 1 aliphatic carbocycles. The van der Waals surface area contributed by atoms with Gasteiger partial charge in [-0.3, -0.25) is 4.79 Å². The molecule has 3 N–H and O–H groups in total. The molecule has 0 saturated heterocycles. The number of hydrogen-bond acceptors (Lipinski definition) is 4. The number of nitrogens with zero attached hydrogens (tertiary/aromatic N) is 2. The number of aliphatic hydroxyl groups excluding tert-OH is 1. The lowest BCUT2D eigenvalue weighted by Gasteiger charge is -2.08. The summed E-state index contributed by atoms with van der Waals surface area (Å²) in [6.07, 6.45) is 1.12. The van der Waals surface area contributed by atoms with Crippen molar-refractivity contribution in [2.24, 2.45) is 5.73 Å². The van der Waals surface area contributed by atoms with Crippen LogP contribution in [-0.4, -0.2) is 33.3 Å². The summed E-state index contributed by atoms with van der Waals surface area (Å²) in [7, 11) is 0. The molecule has 0 radical (unpaired) electrons. The molecule has 0 spiro atoms. The van der Waals surface area contributed by atoms with Crippen molar-refractivity contribution in [1.29, 1.82) is 0 Å². The van der Waals surface area contributed by atoms with E-state index in [0.29, 0.717) is 30.3 Å². The van der Waals surface area contributed by atoms with E-state index in [9.17, 15) is 14.3 Å². The predicted molar refractivity (Wildman–Crippen MR) is 92.2 cm³/mol. The second-order valence-electron chi connectivity index (χ2n) is 6.58. The third-order valence-corrected chi connectivity index (χ3v) is 4.50. The van der Waals surface area contributed by atoms with Crippen LogP contribution in [0.25, 0.3) is 11.4 Å². The van der Waals surface area contributed by atoms with Crippen LogP contribution in [0.4, 0.5) is 4.39 Å². The Morgan fingerprint density at radius 1 is 1.50 bits per heavy atom. The molecule has 1 atom stereocenters. The van der Waals surface area contributed by atoms with Crippen molar-refractivity contribution in [3.63, 3.8) is 0 Å². The lowest BCUT2D eigenvalue weighted by molar-refractivity contribution is 0.0994. The number of hydrogen-bond donors (Lipinski definition) is 2. The van der Waals surface area contributed by atoms with Crippen molar-refractivity contribution in [2.75, 3.05) is 6.61 Å². The van der Waals surface area contributed by atoms with Gasteiger partial charge in [-0.2, -0.15) is 0 Å². The number of aliphatic hydroxyl groups is 1. The summed E-state index contributed by atoms with van der Waals surface area (Å²) in [5.74, 6) is 5.24. The van der Waals surface area contributed by atoms with Gasteiger partial charge in [0.15, 0.2) is 0 Å². The van der Waals surface area contributed by atoms with Crippen LogP contribution in [0.2, 0.25) is 0 Å². The van der Waals surface area contributed by atoms with Crippen LogP contribution in [0.3, 0.4) is 0 Å². The molecule has 1 aromatic heterocycles. The van der Waals surface area contributed by atoms with Crippen molar-refractivity contribution in [3.8, 4) is 29.0 Å². The Morgan fingerprint density at radius 2 is 2.27 bits per heavy atom. The number of primary amides is 1. The fraction of sp³-hybridized carbons (Fsp3) is 0.368. The third kappa shape index (κ3) is 2.82. The molecule has 1 fully saturated rings. The number of carbonyl (C=O) groups is 1. The zero-order chi connectivity index (χ0) is 18.4. The SMILES string of the molecule is C[C@H](O)C#Cc1cc2c(cc1F)OCCn1c-2nc(C(N)=O)c1C1CC1. The molecule has 134 valence electrons. The highest BCUT2D eigenvalue weighted by atomic mass is 19.1. The van der Waals surface area contributed by atoms with E-state index >= 15 is 0 Å². The standard InChI is InChI=1S/C19H18FN3O3/c1-10(24)2-3-12-8-13-15(9-14(12)20)26-7-6-23-17(11-4-5-11)16(18(21)25)22-19(13)23/h8-11,24H,4-7H2,1H3,(H2,21,25)/t10-/m0/s1. The number of ether oxygens (including phenoxy) is 1. The molecule has 2 heterocycles. The quantitative estimate of drug-likeness (QED) is 0.804. The van der Waals surface area contributed by atoms with Crippen LogP contribution >= 0.6 is 0 Å². The Labute approximate surface area is 149 Å². The zero-order valence-electron chi connectivity index (χ0n) is 14.3. The molecule has 7 heteroatoms. The summed E-state index contributed by atoms with van der Waals surface area (Å²) in [6.45, 7) is 2.35. The van der Waals surface area contributed by atoms with Gasteiger partial charge in [-0.1, -0.05) is 11.8 Å². The summed E-state index contributed by atoms with van der Waals surface area (Å²) >= 11 is 0. The van der Waals surface area contributed by atoms with Gasteiger partial charge in [-0.25, -0.2) is 9.37 Å². The third-order valence-electron chi connectivity index (χ3n) is 4.50. The highest BCUT2D eigenvalue weighted by Gasteiger charge is 2.35. The number of rotatable bonds is 2. The number of aromatic nitrogens is 2. The molecule has 4 rings (SSSR count). The Kier molecular flexibility index (Phi) is 3.93. The molecule has 1 saturated carbocycles. The van der Waals surface area contributed by atoms with Crippen molar-refractivity contribution in [3.05, 3.63) is 34.9 Å². The molecular formula is C19H18FN3O3. The molecule has 0 unspecified atom stereocenters. The fourth-order valence-electron chi connectivity index (χ4n) is 3.22.